The first-order valence-corrected chi connectivity index (χ1v) is 5.66. The minimum atomic E-state index is 1.22. The first kappa shape index (κ1) is 12.5. The molecule has 0 bridgehead atoms. The van der Waals surface area contributed by atoms with Crippen LogP contribution in [-0.4, -0.2) is 0 Å². The molecule has 0 aromatic carbocycles. The maximum atomic E-state index is 2.32. The molecular formula is C13H24. The molecule has 13 heavy (non-hydrogen) atoms. The van der Waals surface area contributed by atoms with Crippen molar-refractivity contribution in [1.82, 2.24) is 0 Å². The van der Waals surface area contributed by atoms with Gasteiger partial charge in [0, 0.05) is 0 Å². The highest BCUT2D eigenvalue weighted by Crippen LogP contribution is 2.08. The molecule has 0 rings (SSSR count). The van der Waals surface area contributed by atoms with E-state index in [0.29, 0.717) is 0 Å². The van der Waals surface area contributed by atoms with Crippen LogP contribution in [0.3, 0.4) is 0 Å². The summed E-state index contributed by atoms with van der Waals surface area (Å²) in [6, 6.07) is 0. The molecule has 0 N–H and O–H groups in total. The van der Waals surface area contributed by atoms with E-state index < -0.39 is 0 Å². The molecule has 0 spiro atoms. The van der Waals surface area contributed by atoms with Gasteiger partial charge in [0.25, 0.3) is 0 Å². The van der Waals surface area contributed by atoms with Crippen LogP contribution in [0, 0.1) is 0 Å². The highest BCUT2D eigenvalue weighted by molar-refractivity contribution is 5.17. The van der Waals surface area contributed by atoms with E-state index in [1.165, 1.54) is 44.1 Å². The SMILES string of the molecule is CC=C(C=CCCCCC)CCC. The van der Waals surface area contributed by atoms with E-state index >= 15 is 0 Å². The van der Waals surface area contributed by atoms with Crippen molar-refractivity contribution < 1.29 is 0 Å². The minimum Gasteiger partial charge on any atom is -0.0845 e. The molecule has 0 aromatic rings. The van der Waals surface area contributed by atoms with E-state index in [0.717, 1.165) is 0 Å². The van der Waals surface area contributed by atoms with Crippen molar-refractivity contribution in [3.05, 3.63) is 23.8 Å². The van der Waals surface area contributed by atoms with E-state index in [-0.39, 0.29) is 0 Å². The van der Waals surface area contributed by atoms with Crippen LogP contribution in [0.1, 0.15) is 59.3 Å². The topological polar surface area (TPSA) is 0 Å². The third kappa shape index (κ3) is 7.83. The van der Waals surface area contributed by atoms with E-state index in [2.05, 4.69) is 39.0 Å². The standard InChI is InChI=1S/C13H24/c1-4-7-8-9-10-12-13(6-3)11-5-2/h6,10,12H,4-5,7-9,11H2,1-3H3. The second-order valence-corrected chi connectivity index (χ2v) is 3.51. The first-order valence-electron chi connectivity index (χ1n) is 5.66. The number of allylic oxidation sites excluding steroid dienone is 4. The molecule has 0 unspecified atom stereocenters. The Hall–Kier alpha value is -0.520. The maximum absolute atomic E-state index is 2.32. The van der Waals surface area contributed by atoms with Crippen LogP contribution >= 0.6 is 0 Å². The van der Waals surface area contributed by atoms with Gasteiger partial charge in [0.05, 0.1) is 0 Å². The summed E-state index contributed by atoms with van der Waals surface area (Å²) in [5.74, 6) is 0. The average Bonchev–Trinajstić information content (AvgIpc) is 2.16. The Kier molecular flexibility index (Phi) is 9.18. The lowest BCUT2D eigenvalue weighted by atomic mass is 10.1. The summed E-state index contributed by atoms with van der Waals surface area (Å²) in [7, 11) is 0. The summed E-state index contributed by atoms with van der Waals surface area (Å²) >= 11 is 0. The fourth-order valence-electron chi connectivity index (χ4n) is 1.36. The van der Waals surface area contributed by atoms with Gasteiger partial charge in [-0.15, -0.1) is 0 Å². The number of rotatable bonds is 7. The van der Waals surface area contributed by atoms with Gasteiger partial charge in [-0.3, -0.25) is 0 Å². The van der Waals surface area contributed by atoms with Crippen molar-refractivity contribution in [2.45, 2.75) is 59.3 Å². The van der Waals surface area contributed by atoms with Crippen LogP contribution in [0.4, 0.5) is 0 Å². The smallest absolute Gasteiger partial charge is 0.0285 e. The monoisotopic (exact) mass is 180 g/mol. The lowest BCUT2D eigenvalue weighted by Crippen LogP contribution is -1.77. The van der Waals surface area contributed by atoms with Crippen LogP contribution in [0.2, 0.25) is 0 Å². The molecule has 0 fully saturated rings. The summed E-state index contributed by atoms with van der Waals surface area (Å²) < 4.78 is 0. The second kappa shape index (κ2) is 9.57. The quantitative estimate of drug-likeness (QED) is 0.387. The summed E-state index contributed by atoms with van der Waals surface area (Å²) in [5.41, 5.74) is 1.49. The fourth-order valence-corrected chi connectivity index (χ4v) is 1.36. The molecule has 76 valence electrons. The van der Waals surface area contributed by atoms with Gasteiger partial charge in [-0.2, -0.15) is 0 Å². The average molecular weight is 180 g/mol. The van der Waals surface area contributed by atoms with Gasteiger partial charge < -0.3 is 0 Å². The van der Waals surface area contributed by atoms with E-state index in [1.807, 2.05) is 0 Å². The number of hydrogen-bond acceptors (Lipinski definition) is 0. The summed E-state index contributed by atoms with van der Waals surface area (Å²) in [5, 5.41) is 0. The lowest BCUT2D eigenvalue weighted by Gasteiger charge is -1.97. The van der Waals surface area contributed by atoms with E-state index in [4.69, 9.17) is 0 Å². The molecule has 0 heteroatoms. The van der Waals surface area contributed by atoms with Crippen molar-refractivity contribution in [2.24, 2.45) is 0 Å². The Balaban J connectivity index is 3.56. The van der Waals surface area contributed by atoms with Crippen molar-refractivity contribution >= 4 is 0 Å². The molecule has 0 aliphatic rings. The predicted molar refractivity (Wildman–Crippen MR) is 61.9 cm³/mol. The van der Waals surface area contributed by atoms with Gasteiger partial charge in [-0.1, -0.05) is 56.9 Å². The molecular weight excluding hydrogens is 156 g/mol. The Bertz CT molecular complexity index is 151. The number of unbranched alkanes of at least 4 members (excludes halogenated alkanes) is 3. The predicted octanol–water partition coefficient (Wildman–Crippen LogP) is 4.87. The van der Waals surface area contributed by atoms with Gasteiger partial charge in [0.1, 0.15) is 0 Å². The van der Waals surface area contributed by atoms with Crippen molar-refractivity contribution in [3.8, 4) is 0 Å². The normalized spacial score (nSPS) is 12.7. The second-order valence-electron chi connectivity index (χ2n) is 3.51. The molecule has 0 atom stereocenters. The maximum Gasteiger partial charge on any atom is -0.0285 e. The largest absolute Gasteiger partial charge is 0.0845 e. The van der Waals surface area contributed by atoms with Gasteiger partial charge >= 0.3 is 0 Å². The first-order chi connectivity index (χ1) is 6.35. The van der Waals surface area contributed by atoms with Crippen LogP contribution in [0.15, 0.2) is 23.8 Å². The Labute approximate surface area is 83.7 Å². The highest BCUT2D eigenvalue weighted by Gasteiger charge is 1.87. The number of hydrogen-bond donors (Lipinski definition) is 0. The molecule has 0 saturated carbocycles. The lowest BCUT2D eigenvalue weighted by molar-refractivity contribution is 0.728. The summed E-state index contributed by atoms with van der Waals surface area (Å²) in [4.78, 5) is 0. The summed E-state index contributed by atoms with van der Waals surface area (Å²) in [6.07, 6.45) is 14.6. The van der Waals surface area contributed by atoms with Gasteiger partial charge in [0.15, 0.2) is 0 Å². The molecule has 0 aromatic heterocycles. The van der Waals surface area contributed by atoms with Crippen LogP contribution in [0.5, 0.6) is 0 Å². The zero-order chi connectivity index (χ0) is 9.94. The Morgan fingerprint density at radius 2 is 1.85 bits per heavy atom. The van der Waals surface area contributed by atoms with Gasteiger partial charge in [-0.05, 0) is 26.2 Å². The van der Waals surface area contributed by atoms with Crippen LogP contribution in [-0.2, 0) is 0 Å². The van der Waals surface area contributed by atoms with Gasteiger partial charge in [-0.25, -0.2) is 0 Å². The van der Waals surface area contributed by atoms with E-state index in [1.54, 1.807) is 0 Å². The Morgan fingerprint density at radius 1 is 1.08 bits per heavy atom. The fraction of sp³-hybridized carbons (Fsp3) is 0.692. The molecule has 0 aliphatic heterocycles. The minimum absolute atomic E-state index is 1.22. The molecule has 0 amide bonds. The molecule has 0 aliphatic carbocycles. The molecule has 0 saturated heterocycles. The Morgan fingerprint density at radius 3 is 2.38 bits per heavy atom. The molecule has 0 nitrogen and oxygen atoms in total. The van der Waals surface area contributed by atoms with Crippen molar-refractivity contribution in [1.29, 1.82) is 0 Å². The highest BCUT2D eigenvalue weighted by atomic mass is 13.9. The molecule has 0 radical (unpaired) electrons. The zero-order valence-electron chi connectivity index (χ0n) is 9.47. The zero-order valence-corrected chi connectivity index (χ0v) is 9.47. The van der Waals surface area contributed by atoms with Crippen molar-refractivity contribution in [2.75, 3.05) is 0 Å². The summed E-state index contributed by atoms with van der Waals surface area (Å²) in [6.45, 7) is 6.61. The van der Waals surface area contributed by atoms with Crippen molar-refractivity contribution in [3.63, 3.8) is 0 Å². The molecule has 0 heterocycles. The van der Waals surface area contributed by atoms with E-state index in [9.17, 15) is 0 Å². The third-order valence-electron chi connectivity index (χ3n) is 2.22. The third-order valence-corrected chi connectivity index (χ3v) is 2.22. The van der Waals surface area contributed by atoms with Gasteiger partial charge in [0.2, 0.25) is 0 Å². The van der Waals surface area contributed by atoms with Crippen LogP contribution in [0.25, 0.3) is 0 Å². The van der Waals surface area contributed by atoms with Crippen LogP contribution < -0.4 is 0 Å².